The summed E-state index contributed by atoms with van der Waals surface area (Å²) >= 11 is 11.4. The fourth-order valence-electron chi connectivity index (χ4n) is 1.86. The second-order valence-corrected chi connectivity index (χ2v) is 6.88. The minimum absolute atomic E-state index is 0.496. The van der Waals surface area contributed by atoms with Gasteiger partial charge in [0.1, 0.15) is 5.15 Å². The first kappa shape index (κ1) is 13.0. The van der Waals surface area contributed by atoms with E-state index in [-0.39, 0.29) is 0 Å². The average molecular weight is 354 g/mol. The highest BCUT2D eigenvalue weighted by Gasteiger charge is 2.11. The van der Waals surface area contributed by atoms with Crippen LogP contribution < -0.4 is 0 Å². The number of rotatable bonds is 1. The predicted octanol–water partition coefficient (Wildman–Crippen LogP) is 5.39. The van der Waals surface area contributed by atoms with Gasteiger partial charge in [0.05, 0.1) is 10.4 Å². The van der Waals surface area contributed by atoms with Crippen molar-refractivity contribution in [1.29, 1.82) is 0 Å². The molecular weight excluding hydrogens is 344 g/mol. The predicted molar refractivity (Wildman–Crippen MR) is 85.0 cm³/mol. The molecule has 0 bridgehead atoms. The van der Waals surface area contributed by atoms with Crippen molar-refractivity contribution in [3.05, 3.63) is 44.3 Å². The van der Waals surface area contributed by atoms with Gasteiger partial charge in [-0.2, -0.15) is 0 Å². The lowest BCUT2D eigenvalue weighted by Gasteiger charge is -2.03. The molecule has 0 aliphatic rings. The highest BCUT2D eigenvalue weighted by Crippen LogP contribution is 2.31. The van der Waals surface area contributed by atoms with Crippen molar-refractivity contribution in [2.75, 3.05) is 0 Å². The van der Waals surface area contributed by atoms with E-state index >= 15 is 0 Å². The van der Waals surface area contributed by atoms with Crippen molar-refractivity contribution in [1.82, 2.24) is 9.97 Å². The maximum absolute atomic E-state index is 6.25. The molecule has 0 atom stereocenters. The van der Waals surface area contributed by atoms with Crippen molar-refractivity contribution in [3.63, 3.8) is 0 Å². The standard InChI is InChI=1S/C14H10BrClN2S/c1-7-5-12(19-8(7)2)14-17-11-6-9(15)3-4-10(11)13(16)18-14/h3-6H,1-2H3. The van der Waals surface area contributed by atoms with E-state index in [4.69, 9.17) is 11.6 Å². The monoisotopic (exact) mass is 352 g/mol. The van der Waals surface area contributed by atoms with Crippen LogP contribution in [-0.4, -0.2) is 9.97 Å². The van der Waals surface area contributed by atoms with Crippen LogP contribution in [0.4, 0.5) is 0 Å². The highest BCUT2D eigenvalue weighted by atomic mass is 79.9. The minimum atomic E-state index is 0.496. The van der Waals surface area contributed by atoms with Crippen LogP contribution in [0.5, 0.6) is 0 Å². The summed E-state index contributed by atoms with van der Waals surface area (Å²) in [7, 11) is 0. The molecule has 0 unspecified atom stereocenters. The Morgan fingerprint density at radius 3 is 2.63 bits per heavy atom. The summed E-state index contributed by atoms with van der Waals surface area (Å²) in [5, 5.41) is 1.37. The van der Waals surface area contributed by atoms with Crippen molar-refractivity contribution < 1.29 is 0 Å². The van der Waals surface area contributed by atoms with Gasteiger partial charge in [-0.05, 0) is 43.7 Å². The smallest absolute Gasteiger partial charge is 0.171 e. The van der Waals surface area contributed by atoms with E-state index in [0.717, 1.165) is 20.3 Å². The van der Waals surface area contributed by atoms with Gasteiger partial charge >= 0.3 is 0 Å². The van der Waals surface area contributed by atoms with Crippen LogP contribution in [0.1, 0.15) is 10.4 Å². The van der Waals surface area contributed by atoms with Crippen LogP contribution in [-0.2, 0) is 0 Å². The number of hydrogen-bond acceptors (Lipinski definition) is 3. The largest absolute Gasteiger partial charge is 0.227 e. The molecule has 0 aliphatic carbocycles. The Labute approximate surface area is 128 Å². The van der Waals surface area contributed by atoms with Gasteiger partial charge in [-0.3, -0.25) is 0 Å². The Morgan fingerprint density at radius 1 is 1.16 bits per heavy atom. The van der Waals surface area contributed by atoms with Gasteiger partial charge in [0, 0.05) is 14.7 Å². The molecular formula is C14H10BrClN2S. The molecule has 0 saturated heterocycles. The van der Waals surface area contributed by atoms with E-state index in [0.29, 0.717) is 11.0 Å². The maximum atomic E-state index is 6.25. The normalized spacial score (nSPS) is 11.2. The Balaban J connectivity index is 2.25. The summed E-state index contributed by atoms with van der Waals surface area (Å²) in [6, 6.07) is 7.93. The molecule has 0 radical (unpaired) electrons. The van der Waals surface area contributed by atoms with E-state index in [1.807, 2.05) is 18.2 Å². The Kier molecular flexibility index (Phi) is 3.33. The van der Waals surface area contributed by atoms with E-state index < -0.39 is 0 Å². The van der Waals surface area contributed by atoms with E-state index in [1.54, 1.807) is 11.3 Å². The maximum Gasteiger partial charge on any atom is 0.171 e. The zero-order chi connectivity index (χ0) is 13.6. The van der Waals surface area contributed by atoms with Gasteiger partial charge < -0.3 is 0 Å². The Morgan fingerprint density at radius 2 is 1.95 bits per heavy atom. The lowest BCUT2D eigenvalue weighted by molar-refractivity contribution is 1.24. The number of aromatic nitrogens is 2. The van der Waals surface area contributed by atoms with E-state index in [9.17, 15) is 0 Å². The first-order valence-corrected chi connectivity index (χ1v) is 7.73. The summed E-state index contributed by atoms with van der Waals surface area (Å²) in [6.07, 6.45) is 0. The van der Waals surface area contributed by atoms with Gasteiger partial charge in [0.2, 0.25) is 0 Å². The summed E-state index contributed by atoms with van der Waals surface area (Å²) in [5.74, 6) is 0.691. The third-order valence-corrected chi connectivity index (χ3v) is 4.93. The third kappa shape index (κ3) is 2.40. The second kappa shape index (κ2) is 4.85. The van der Waals surface area contributed by atoms with Crippen molar-refractivity contribution in [2.45, 2.75) is 13.8 Å². The van der Waals surface area contributed by atoms with Gasteiger partial charge in [0.25, 0.3) is 0 Å². The van der Waals surface area contributed by atoms with Crippen molar-refractivity contribution in [2.24, 2.45) is 0 Å². The molecule has 19 heavy (non-hydrogen) atoms. The molecule has 0 fully saturated rings. The molecule has 0 spiro atoms. The van der Waals surface area contributed by atoms with Gasteiger partial charge in [-0.25, -0.2) is 9.97 Å². The van der Waals surface area contributed by atoms with Crippen LogP contribution in [0, 0.1) is 13.8 Å². The average Bonchev–Trinajstić information content (AvgIpc) is 2.69. The van der Waals surface area contributed by atoms with Crippen LogP contribution in [0.25, 0.3) is 21.6 Å². The number of fused-ring (bicyclic) bond motifs is 1. The second-order valence-electron chi connectivity index (χ2n) is 4.35. The Bertz CT molecular complexity index is 763. The van der Waals surface area contributed by atoms with E-state index in [1.165, 1.54) is 10.4 Å². The van der Waals surface area contributed by atoms with Gasteiger partial charge in [-0.15, -0.1) is 11.3 Å². The summed E-state index contributed by atoms with van der Waals surface area (Å²) in [6.45, 7) is 4.19. The van der Waals surface area contributed by atoms with Crippen LogP contribution in [0.15, 0.2) is 28.7 Å². The van der Waals surface area contributed by atoms with Crippen molar-refractivity contribution in [3.8, 4) is 10.7 Å². The molecule has 0 saturated carbocycles. The summed E-state index contributed by atoms with van der Waals surface area (Å²) < 4.78 is 0.985. The molecule has 0 aliphatic heterocycles. The number of nitrogens with zero attached hydrogens (tertiary/aromatic N) is 2. The van der Waals surface area contributed by atoms with Crippen LogP contribution in [0.3, 0.4) is 0 Å². The topological polar surface area (TPSA) is 25.8 Å². The molecule has 2 nitrogen and oxygen atoms in total. The van der Waals surface area contributed by atoms with Crippen LogP contribution in [0.2, 0.25) is 5.15 Å². The highest BCUT2D eigenvalue weighted by molar-refractivity contribution is 9.10. The van der Waals surface area contributed by atoms with Gasteiger partial charge in [-0.1, -0.05) is 27.5 Å². The number of hydrogen-bond donors (Lipinski definition) is 0. The molecule has 2 heterocycles. The number of benzene rings is 1. The SMILES string of the molecule is Cc1cc(-c2nc(Cl)c3ccc(Br)cc3n2)sc1C. The third-order valence-electron chi connectivity index (χ3n) is 3.00. The molecule has 1 aromatic carbocycles. The molecule has 5 heteroatoms. The number of halogens is 2. The zero-order valence-corrected chi connectivity index (χ0v) is 13.5. The molecule has 0 amide bonds. The quantitative estimate of drug-likeness (QED) is 0.548. The fourth-order valence-corrected chi connectivity index (χ4v) is 3.41. The summed E-state index contributed by atoms with van der Waals surface area (Å²) in [5.41, 5.74) is 2.11. The molecule has 3 aromatic rings. The number of thiophene rings is 1. The summed E-state index contributed by atoms with van der Waals surface area (Å²) in [4.78, 5) is 11.3. The van der Waals surface area contributed by atoms with Gasteiger partial charge in [0.15, 0.2) is 5.82 Å². The van der Waals surface area contributed by atoms with Crippen molar-refractivity contribution >= 4 is 49.8 Å². The number of aryl methyl sites for hydroxylation is 2. The zero-order valence-electron chi connectivity index (χ0n) is 10.4. The fraction of sp³-hybridized carbons (Fsp3) is 0.143. The first-order valence-electron chi connectivity index (χ1n) is 5.75. The minimum Gasteiger partial charge on any atom is -0.227 e. The first-order chi connectivity index (χ1) is 9.04. The van der Waals surface area contributed by atoms with Crippen LogP contribution >= 0.6 is 38.9 Å². The molecule has 3 rings (SSSR count). The molecule has 96 valence electrons. The van der Waals surface area contributed by atoms with E-state index in [2.05, 4.69) is 45.8 Å². The lowest BCUT2D eigenvalue weighted by Crippen LogP contribution is -1.90. The lowest BCUT2D eigenvalue weighted by atomic mass is 10.2. The molecule has 2 aromatic heterocycles. The molecule has 0 N–H and O–H groups in total. The Hall–Kier alpha value is -0.970.